The molecule has 0 spiro atoms. The lowest BCUT2D eigenvalue weighted by molar-refractivity contribution is 0.0785. The van der Waals surface area contributed by atoms with Crippen molar-refractivity contribution in [1.82, 2.24) is 15.1 Å². The van der Waals surface area contributed by atoms with Crippen molar-refractivity contribution in [2.45, 2.75) is 26.8 Å². The van der Waals surface area contributed by atoms with Gasteiger partial charge in [0.15, 0.2) is 0 Å². The molecule has 0 fully saturated rings. The Balaban J connectivity index is 1.79. The van der Waals surface area contributed by atoms with Crippen LogP contribution in [-0.4, -0.2) is 34.7 Å². The summed E-state index contributed by atoms with van der Waals surface area (Å²) < 4.78 is 5.74. The fourth-order valence-corrected chi connectivity index (χ4v) is 2.81. The van der Waals surface area contributed by atoms with Crippen LogP contribution in [0.3, 0.4) is 0 Å². The van der Waals surface area contributed by atoms with E-state index in [0.29, 0.717) is 18.7 Å². The quantitative estimate of drug-likeness (QED) is 0.741. The van der Waals surface area contributed by atoms with Crippen LogP contribution in [-0.2, 0) is 6.54 Å². The second-order valence-electron chi connectivity index (χ2n) is 6.24. The van der Waals surface area contributed by atoms with Crippen LogP contribution in [0.15, 0.2) is 42.6 Å². The van der Waals surface area contributed by atoms with E-state index in [0.717, 1.165) is 34.2 Å². The number of carbonyl (C=O) groups is 1. The maximum Gasteiger partial charge on any atom is 0.254 e. The molecule has 0 aliphatic rings. The van der Waals surface area contributed by atoms with Crippen molar-refractivity contribution in [1.29, 1.82) is 0 Å². The van der Waals surface area contributed by atoms with Gasteiger partial charge in [-0.15, -0.1) is 0 Å². The molecule has 25 heavy (non-hydrogen) atoms. The topological polar surface area (TPSA) is 58.2 Å². The van der Waals surface area contributed by atoms with Crippen molar-refractivity contribution in [3.8, 4) is 5.75 Å². The van der Waals surface area contributed by atoms with Crippen LogP contribution in [0.4, 0.5) is 0 Å². The van der Waals surface area contributed by atoms with Crippen LogP contribution in [0.25, 0.3) is 10.9 Å². The number of hydrogen-bond acceptors (Lipinski definition) is 3. The second kappa shape index (κ2) is 7.38. The average Bonchev–Trinajstić information content (AvgIpc) is 3.10. The largest absolute Gasteiger partial charge is 0.493 e. The molecule has 0 aliphatic heterocycles. The number of nitrogens with one attached hydrogen (secondary N) is 1. The number of carbonyl (C=O) groups excluding carboxylic acids is 1. The van der Waals surface area contributed by atoms with E-state index >= 15 is 0 Å². The highest BCUT2D eigenvalue weighted by Crippen LogP contribution is 2.22. The first-order valence-corrected chi connectivity index (χ1v) is 8.50. The van der Waals surface area contributed by atoms with Gasteiger partial charge in [-0.2, -0.15) is 5.10 Å². The molecule has 0 saturated heterocycles. The Labute approximate surface area is 147 Å². The molecule has 0 saturated carbocycles. The summed E-state index contributed by atoms with van der Waals surface area (Å²) in [6.45, 7) is 5.21. The lowest BCUT2D eigenvalue weighted by Gasteiger charge is -2.19. The number of para-hydroxylation sites is 1. The number of benzene rings is 2. The maximum atomic E-state index is 12.8. The number of amides is 1. The summed E-state index contributed by atoms with van der Waals surface area (Å²) in [6, 6.07) is 11.6. The van der Waals surface area contributed by atoms with Gasteiger partial charge in [-0.3, -0.25) is 9.89 Å². The molecule has 1 aromatic heterocycles. The van der Waals surface area contributed by atoms with Crippen molar-refractivity contribution in [2.75, 3.05) is 13.7 Å². The number of ether oxygens (including phenoxy) is 1. The highest BCUT2D eigenvalue weighted by atomic mass is 16.5. The molecule has 1 amide bonds. The molecule has 1 heterocycles. The Hall–Kier alpha value is -2.82. The van der Waals surface area contributed by atoms with Crippen molar-refractivity contribution in [2.24, 2.45) is 0 Å². The van der Waals surface area contributed by atoms with E-state index in [9.17, 15) is 4.79 Å². The zero-order chi connectivity index (χ0) is 17.8. The summed E-state index contributed by atoms with van der Waals surface area (Å²) >= 11 is 0. The van der Waals surface area contributed by atoms with E-state index in [1.54, 1.807) is 11.1 Å². The third-order valence-corrected chi connectivity index (χ3v) is 4.21. The van der Waals surface area contributed by atoms with Crippen LogP contribution < -0.4 is 4.74 Å². The Kier molecular flexibility index (Phi) is 5.03. The third-order valence-electron chi connectivity index (χ3n) is 4.21. The molecule has 0 radical (unpaired) electrons. The molecule has 3 rings (SSSR count). The van der Waals surface area contributed by atoms with E-state index in [2.05, 4.69) is 17.1 Å². The lowest BCUT2D eigenvalue weighted by atomic mass is 10.1. The van der Waals surface area contributed by atoms with Gasteiger partial charge in [0.25, 0.3) is 5.91 Å². The van der Waals surface area contributed by atoms with Crippen molar-refractivity contribution in [3.05, 3.63) is 59.3 Å². The van der Waals surface area contributed by atoms with Gasteiger partial charge < -0.3 is 9.64 Å². The molecule has 0 aliphatic carbocycles. The second-order valence-corrected chi connectivity index (χ2v) is 6.24. The highest BCUT2D eigenvalue weighted by molar-refractivity contribution is 5.95. The first kappa shape index (κ1) is 17.0. The first-order valence-electron chi connectivity index (χ1n) is 8.50. The minimum Gasteiger partial charge on any atom is -0.493 e. The molecular weight excluding hydrogens is 314 g/mol. The fraction of sp³-hybridized carbons (Fsp3) is 0.300. The van der Waals surface area contributed by atoms with Crippen LogP contribution >= 0.6 is 0 Å². The molecular formula is C20H23N3O2. The van der Waals surface area contributed by atoms with Gasteiger partial charge in [-0.05, 0) is 36.6 Å². The fourth-order valence-electron chi connectivity index (χ4n) is 2.81. The minimum atomic E-state index is -0.0298. The summed E-state index contributed by atoms with van der Waals surface area (Å²) in [4.78, 5) is 14.5. The highest BCUT2D eigenvalue weighted by Gasteiger charge is 2.15. The summed E-state index contributed by atoms with van der Waals surface area (Å²) in [5.41, 5.74) is 3.68. The van der Waals surface area contributed by atoms with Gasteiger partial charge in [0.1, 0.15) is 5.75 Å². The Morgan fingerprint density at radius 2 is 2.12 bits per heavy atom. The number of nitrogens with zero attached hydrogens (tertiary/aromatic N) is 2. The molecule has 0 unspecified atom stereocenters. The van der Waals surface area contributed by atoms with Gasteiger partial charge >= 0.3 is 0 Å². The number of aromatic amines is 1. The van der Waals surface area contributed by atoms with Crippen LogP contribution in [0.5, 0.6) is 5.75 Å². The standard InChI is InChI=1S/C20H23N3O2/c1-4-10-25-18-11-15(9-8-14(18)2)20(24)23(3)13-17-7-5-6-16-12-21-22-19(16)17/h5-9,11-12H,4,10,13H2,1-3H3,(H,21,22). The normalized spacial score (nSPS) is 10.8. The van der Waals surface area contributed by atoms with E-state index in [1.165, 1.54) is 0 Å². The minimum absolute atomic E-state index is 0.0298. The first-order chi connectivity index (χ1) is 12.1. The Morgan fingerprint density at radius 1 is 1.28 bits per heavy atom. The summed E-state index contributed by atoms with van der Waals surface area (Å²) in [5.74, 6) is 0.745. The lowest BCUT2D eigenvalue weighted by Crippen LogP contribution is -2.26. The predicted molar refractivity (Wildman–Crippen MR) is 98.9 cm³/mol. The number of aryl methyl sites for hydroxylation is 1. The van der Waals surface area contributed by atoms with E-state index in [-0.39, 0.29) is 5.91 Å². The SMILES string of the molecule is CCCOc1cc(C(=O)N(C)Cc2cccc3cn[nH]c23)ccc1C. The van der Waals surface area contributed by atoms with Crippen LogP contribution in [0.2, 0.25) is 0 Å². The monoisotopic (exact) mass is 337 g/mol. The van der Waals surface area contributed by atoms with Crippen molar-refractivity contribution < 1.29 is 9.53 Å². The predicted octanol–water partition coefficient (Wildman–Crippen LogP) is 3.93. The Bertz CT molecular complexity index is 886. The Morgan fingerprint density at radius 3 is 2.92 bits per heavy atom. The average molecular weight is 337 g/mol. The summed E-state index contributed by atoms with van der Waals surface area (Å²) in [5, 5.41) is 8.13. The number of hydrogen-bond donors (Lipinski definition) is 1. The smallest absolute Gasteiger partial charge is 0.254 e. The maximum absolute atomic E-state index is 12.8. The zero-order valence-electron chi connectivity index (χ0n) is 14.9. The number of H-pyrrole nitrogens is 1. The van der Waals surface area contributed by atoms with E-state index in [4.69, 9.17) is 4.74 Å². The summed E-state index contributed by atoms with van der Waals surface area (Å²) in [7, 11) is 1.81. The molecule has 5 heteroatoms. The van der Waals surface area contributed by atoms with Gasteiger partial charge in [-0.25, -0.2) is 0 Å². The number of fused-ring (bicyclic) bond motifs is 1. The van der Waals surface area contributed by atoms with Gasteiger partial charge in [0.2, 0.25) is 0 Å². The third kappa shape index (κ3) is 3.65. The molecule has 0 atom stereocenters. The van der Waals surface area contributed by atoms with Gasteiger partial charge in [0.05, 0.1) is 18.3 Å². The van der Waals surface area contributed by atoms with E-state index < -0.39 is 0 Å². The van der Waals surface area contributed by atoms with E-state index in [1.807, 2.05) is 50.4 Å². The van der Waals surface area contributed by atoms with Crippen LogP contribution in [0, 0.1) is 6.92 Å². The molecule has 0 bridgehead atoms. The summed E-state index contributed by atoms with van der Waals surface area (Å²) in [6.07, 6.45) is 2.73. The van der Waals surface area contributed by atoms with Crippen LogP contribution in [0.1, 0.15) is 34.8 Å². The van der Waals surface area contributed by atoms with Crippen molar-refractivity contribution in [3.63, 3.8) is 0 Å². The number of rotatable bonds is 6. The molecule has 130 valence electrons. The molecule has 1 N–H and O–H groups in total. The zero-order valence-corrected chi connectivity index (χ0v) is 14.9. The van der Waals surface area contributed by atoms with Gasteiger partial charge in [-0.1, -0.05) is 31.2 Å². The number of aromatic nitrogens is 2. The van der Waals surface area contributed by atoms with Gasteiger partial charge in [0, 0.05) is 24.5 Å². The van der Waals surface area contributed by atoms with Crippen molar-refractivity contribution >= 4 is 16.8 Å². The molecule has 3 aromatic rings. The molecule has 5 nitrogen and oxygen atoms in total. The molecule has 2 aromatic carbocycles.